The number of hydrogen-bond acceptors (Lipinski definition) is 3. The molecule has 0 fully saturated rings. The van der Waals surface area contributed by atoms with Crippen LogP contribution in [0.25, 0.3) is 0 Å². The number of halogens is 1. The van der Waals surface area contributed by atoms with E-state index in [9.17, 15) is 4.79 Å². The molecule has 0 unspecified atom stereocenters. The Kier molecular flexibility index (Phi) is 2.97. The van der Waals surface area contributed by atoms with Crippen LogP contribution in [0.1, 0.15) is 0 Å². The van der Waals surface area contributed by atoms with Gasteiger partial charge >= 0.3 is 5.97 Å². The van der Waals surface area contributed by atoms with E-state index >= 15 is 0 Å². The van der Waals surface area contributed by atoms with Gasteiger partial charge in [0.2, 0.25) is 0 Å². The molecular formula is C8H9ClN2O2. The first kappa shape index (κ1) is 9.67. The number of nitrogens with two attached hydrogens (primary N) is 1. The zero-order chi connectivity index (χ0) is 9.84. The molecule has 0 aromatic heterocycles. The number of rotatable bonds is 3. The lowest BCUT2D eigenvalue weighted by Crippen LogP contribution is -2.12. The Morgan fingerprint density at radius 3 is 2.85 bits per heavy atom. The molecule has 0 aliphatic heterocycles. The SMILES string of the molecule is Nc1ccc(NCC(=O)O)c(Cl)c1. The molecule has 0 bridgehead atoms. The quantitative estimate of drug-likeness (QED) is 0.645. The third kappa shape index (κ3) is 2.83. The summed E-state index contributed by atoms with van der Waals surface area (Å²) in [6.45, 7) is -0.163. The fourth-order valence-corrected chi connectivity index (χ4v) is 1.10. The van der Waals surface area contributed by atoms with Crippen LogP contribution >= 0.6 is 11.6 Å². The zero-order valence-corrected chi connectivity index (χ0v) is 7.51. The van der Waals surface area contributed by atoms with Crippen LogP contribution in [0.15, 0.2) is 18.2 Å². The van der Waals surface area contributed by atoms with E-state index in [1.807, 2.05) is 0 Å². The fraction of sp³-hybridized carbons (Fsp3) is 0.125. The van der Waals surface area contributed by atoms with Gasteiger partial charge in [0.1, 0.15) is 6.54 Å². The van der Waals surface area contributed by atoms with Crippen LogP contribution in [0.2, 0.25) is 5.02 Å². The number of carboxylic acid groups (broad SMARTS) is 1. The van der Waals surface area contributed by atoms with E-state index in [4.69, 9.17) is 22.4 Å². The highest BCUT2D eigenvalue weighted by atomic mass is 35.5. The molecule has 13 heavy (non-hydrogen) atoms. The summed E-state index contributed by atoms with van der Waals surface area (Å²) in [6, 6.07) is 4.85. The average Bonchev–Trinajstić information content (AvgIpc) is 2.02. The third-order valence-electron chi connectivity index (χ3n) is 1.42. The van der Waals surface area contributed by atoms with E-state index in [1.54, 1.807) is 18.2 Å². The molecule has 4 nitrogen and oxygen atoms in total. The Morgan fingerprint density at radius 2 is 2.31 bits per heavy atom. The maximum Gasteiger partial charge on any atom is 0.322 e. The normalized spacial score (nSPS) is 9.62. The molecule has 5 heteroatoms. The maximum absolute atomic E-state index is 10.2. The second-order valence-corrected chi connectivity index (χ2v) is 2.89. The van der Waals surface area contributed by atoms with Crippen LogP contribution in [0.4, 0.5) is 11.4 Å². The van der Waals surface area contributed by atoms with Crippen LogP contribution < -0.4 is 11.1 Å². The highest BCUT2D eigenvalue weighted by Gasteiger charge is 2.01. The summed E-state index contributed by atoms with van der Waals surface area (Å²) < 4.78 is 0. The van der Waals surface area contributed by atoms with Crippen molar-refractivity contribution >= 4 is 28.9 Å². The van der Waals surface area contributed by atoms with Crippen LogP contribution in [0.5, 0.6) is 0 Å². The van der Waals surface area contributed by atoms with Gasteiger partial charge in [-0.2, -0.15) is 0 Å². The summed E-state index contributed by atoms with van der Waals surface area (Å²) >= 11 is 5.78. The molecule has 0 aliphatic carbocycles. The molecule has 1 aromatic carbocycles. The number of nitrogen functional groups attached to an aromatic ring is 1. The van der Waals surface area contributed by atoms with E-state index in [0.717, 1.165) is 0 Å². The number of anilines is 2. The first-order chi connectivity index (χ1) is 6.09. The van der Waals surface area contributed by atoms with Gasteiger partial charge in [0, 0.05) is 5.69 Å². The van der Waals surface area contributed by atoms with Gasteiger partial charge in [-0.15, -0.1) is 0 Å². The molecule has 0 amide bonds. The van der Waals surface area contributed by atoms with E-state index in [0.29, 0.717) is 16.4 Å². The second kappa shape index (κ2) is 4.00. The average molecular weight is 201 g/mol. The van der Waals surface area contributed by atoms with Crippen LogP contribution in [0, 0.1) is 0 Å². The predicted octanol–water partition coefficient (Wildman–Crippen LogP) is 1.42. The van der Waals surface area contributed by atoms with Gasteiger partial charge in [-0.25, -0.2) is 0 Å². The minimum absolute atomic E-state index is 0.163. The Morgan fingerprint density at radius 1 is 1.62 bits per heavy atom. The molecule has 0 radical (unpaired) electrons. The van der Waals surface area contributed by atoms with Crippen molar-refractivity contribution < 1.29 is 9.90 Å². The summed E-state index contributed by atoms with van der Waals surface area (Å²) in [4.78, 5) is 10.2. The van der Waals surface area contributed by atoms with Crippen molar-refractivity contribution in [2.45, 2.75) is 0 Å². The summed E-state index contributed by atoms with van der Waals surface area (Å²) in [5.41, 5.74) is 6.57. The molecule has 0 spiro atoms. The number of aliphatic carboxylic acids is 1. The Bertz CT molecular complexity index is 328. The van der Waals surface area contributed by atoms with Crippen molar-refractivity contribution in [2.24, 2.45) is 0 Å². The van der Waals surface area contributed by atoms with E-state index in [-0.39, 0.29) is 6.54 Å². The lowest BCUT2D eigenvalue weighted by molar-refractivity contribution is -0.134. The monoisotopic (exact) mass is 200 g/mol. The van der Waals surface area contributed by atoms with Crippen molar-refractivity contribution in [2.75, 3.05) is 17.6 Å². The van der Waals surface area contributed by atoms with Gasteiger partial charge in [-0.05, 0) is 18.2 Å². The Balaban J connectivity index is 2.72. The van der Waals surface area contributed by atoms with Crippen molar-refractivity contribution in [3.05, 3.63) is 23.2 Å². The number of hydrogen-bond donors (Lipinski definition) is 3. The number of carboxylic acids is 1. The highest BCUT2D eigenvalue weighted by molar-refractivity contribution is 6.33. The van der Waals surface area contributed by atoms with E-state index < -0.39 is 5.97 Å². The molecule has 70 valence electrons. The molecule has 0 saturated heterocycles. The minimum Gasteiger partial charge on any atom is -0.480 e. The van der Waals surface area contributed by atoms with Gasteiger partial charge in [0.05, 0.1) is 10.7 Å². The van der Waals surface area contributed by atoms with Gasteiger partial charge in [0.15, 0.2) is 0 Å². The summed E-state index contributed by atoms with van der Waals surface area (Å²) in [5.74, 6) is -0.937. The number of carbonyl (C=O) groups is 1. The summed E-state index contributed by atoms with van der Waals surface area (Å²) in [7, 11) is 0. The van der Waals surface area contributed by atoms with E-state index in [1.165, 1.54) is 0 Å². The van der Waals surface area contributed by atoms with Gasteiger partial charge < -0.3 is 16.2 Å². The molecule has 4 N–H and O–H groups in total. The van der Waals surface area contributed by atoms with Gasteiger partial charge in [0.25, 0.3) is 0 Å². The lowest BCUT2D eigenvalue weighted by atomic mass is 10.3. The van der Waals surface area contributed by atoms with Crippen LogP contribution in [0.3, 0.4) is 0 Å². The molecular weight excluding hydrogens is 192 g/mol. The highest BCUT2D eigenvalue weighted by Crippen LogP contribution is 2.23. The fourth-order valence-electron chi connectivity index (χ4n) is 0.846. The second-order valence-electron chi connectivity index (χ2n) is 2.49. The largest absolute Gasteiger partial charge is 0.480 e. The Hall–Kier alpha value is -1.42. The predicted molar refractivity (Wildman–Crippen MR) is 52.0 cm³/mol. The first-order valence-corrected chi connectivity index (χ1v) is 3.98. The van der Waals surface area contributed by atoms with Crippen LogP contribution in [-0.2, 0) is 4.79 Å². The lowest BCUT2D eigenvalue weighted by Gasteiger charge is -2.05. The third-order valence-corrected chi connectivity index (χ3v) is 1.74. The molecule has 0 atom stereocenters. The first-order valence-electron chi connectivity index (χ1n) is 3.60. The topological polar surface area (TPSA) is 75.3 Å². The minimum atomic E-state index is -0.937. The number of benzene rings is 1. The van der Waals surface area contributed by atoms with Crippen molar-refractivity contribution in [1.82, 2.24) is 0 Å². The van der Waals surface area contributed by atoms with Gasteiger partial charge in [-0.3, -0.25) is 4.79 Å². The summed E-state index contributed by atoms with van der Waals surface area (Å²) in [6.07, 6.45) is 0. The summed E-state index contributed by atoms with van der Waals surface area (Å²) in [5, 5.41) is 11.5. The maximum atomic E-state index is 10.2. The zero-order valence-electron chi connectivity index (χ0n) is 6.75. The molecule has 0 saturated carbocycles. The smallest absolute Gasteiger partial charge is 0.322 e. The van der Waals surface area contributed by atoms with Gasteiger partial charge in [-0.1, -0.05) is 11.6 Å². The molecule has 0 aliphatic rings. The van der Waals surface area contributed by atoms with Crippen LogP contribution in [-0.4, -0.2) is 17.6 Å². The number of nitrogens with one attached hydrogen (secondary N) is 1. The molecule has 1 aromatic rings. The standard InChI is InChI=1S/C8H9ClN2O2/c9-6-3-5(10)1-2-7(6)11-4-8(12)13/h1-3,11H,4,10H2,(H,12,13). The Labute approximate surface area is 80.3 Å². The molecule has 0 heterocycles. The van der Waals surface area contributed by atoms with Crippen molar-refractivity contribution in [3.8, 4) is 0 Å². The molecule has 1 rings (SSSR count). The van der Waals surface area contributed by atoms with E-state index in [2.05, 4.69) is 5.32 Å². The van der Waals surface area contributed by atoms with Crippen molar-refractivity contribution in [3.63, 3.8) is 0 Å². The van der Waals surface area contributed by atoms with Crippen molar-refractivity contribution in [1.29, 1.82) is 0 Å².